The second-order valence-corrected chi connectivity index (χ2v) is 10.9. The molecule has 1 aromatic heterocycles. The average molecular weight is 421 g/mol. The molecule has 8 heteroatoms. The number of sulfonamides is 1. The third-order valence-electron chi connectivity index (χ3n) is 6.71. The van der Waals surface area contributed by atoms with E-state index in [0.717, 1.165) is 17.7 Å². The van der Waals surface area contributed by atoms with Crippen LogP contribution in [-0.2, 0) is 14.8 Å². The average Bonchev–Trinajstić information content (AvgIpc) is 3.24. The van der Waals surface area contributed by atoms with Gasteiger partial charge in [0.15, 0.2) is 5.13 Å². The number of fused-ring (bicyclic) bond motifs is 2. The van der Waals surface area contributed by atoms with E-state index in [1.807, 2.05) is 43.5 Å². The monoisotopic (exact) mass is 420 g/mol. The first-order valence-electron chi connectivity index (χ1n) is 9.31. The van der Waals surface area contributed by atoms with Crippen LogP contribution in [0.4, 0.5) is 5.13 Å². The van der Waals surface area contributed by atoms with E-state index in [0.29, 0.717) is 23.7 Å². The van der Waals surface area contributed by atoms with Gasteiger partial charge in [0.2, 0.25) is 10.0 Å². The lowest BCUT2D eigenvalue weighted by molar-refractivity contribution is -0.128. The number of hydrogen-bond donors (Lipinski definition) is 1. The molecule has 2 saturated carbocycles. The predicted octanol–water partition coefficient (Wildman–Crippen LogP) is 3.96. The molecular weight excluding hydrogens is 396 g/mol. The molecule has 2 aromatic rings. The lowest BCUT2D eigenvalue weighted by atomic mass is 9.70. The van der Waals surface area contributed by atoms with Crippen LogP contribution in [0.15, 0.2) is 29.6 Å². The molecule has 4 rings (SSSR count). The van der Waals surface area contributed by atoms with Gasteiger partial charge in [-0.05, 0) is 48.4 Å². The summed E-state index contributed by atoms with van der Waals surface area (Å²) in [5.41, 5.74) is 0.517. The fourth-order valence-corrected chi connectivity index (χ4v) is 7.66. The molecule has 2 aliphatic rings. The first-order chi connectivity index (χ1) is 13.2. The van der Waals surface area contributed by atoms with Crippen molar-refractivity contribution in [1.29, 1.82) is 0 Å². The second kappa shape index (κ2) is 6.56. The fraction of sp³-hybridized carbons (Fsp3) is 0.500. The first kappa shape index (κ1) is 19.4. The molecule has 2 aliphatic carbocycles. The number of thiazole rings is 1. The van der Waals surface area contributed by atoms with Crippen molar-refractivity contribution in [3.05, 3.63) is 29.6 Å². The Hall–Kier alpha value is -1.93. The Labute approximate surface area is 169 Å². The van der Waals surface area contributed by atoms with Crippen molar-refractivity contribution < 1.29 is 17.9 Å². The maximum Gasteiger partial charge on any atom is 0.235 e. The van der Waals surface area contributed by atoms with Crippen molar-refractivity contribution in [1.82, 2.24) is 4.98 Å². The Balaban J connectivity index is 1.53. The number of hydrogen-bond acceptors (Lipinski definition) is 6. The van der Waals surface area contributed by atoms with E-state index in [4.69, 9.17) is 4.74 Å². The Morgan fingerprint density at radius 1 is 1.29 bits per heavy atom. The van der Waals surface area contributed by atoms with Crippen LogP contribution in [0, 0.1) is 16.7 Å². The molecule has 2 bridgehead atoms. The van der Waals surface area contributed by atoms with Crippen LogP contribution >= 0.6 is 11.3 Å². The Kier molecular flexibility index (Phi) is 4.54. The summed E-state index contributed by atoms with van der Waals surface area (Å²) in [7, 11) is -2.08. The fourth-order valence-electron chi connectivity index (χ4n) is 4.82. The summed E-state index contributed by atoms with van der Waals surface area (Å²) in [6, 6.07) is 7.43. The number of ketones is 1. The number of anilines is 1. The van der Waals surface area contributed by atoms with Gasteiger partial charge in [-0.3, -0.25) is 9.52 Å². The quantitative estimate of drug-likeness (QED) is 0.765. The highest BCUT2D eigenvalue weighted by atomic mass is 32.2. The second-order valence-electron chi connectivity index (χ2n) is 8.29. The van der Waals surface area contributed by atoms with Gasteiger partial charge < -0.3 is 4.74 Å². The summed E-state index contributed by atoms with van der Waals surface area (Å²) in [6.45, 7) is 4.08. The Bertz CT molecular complexity index is 1010. The maximum absolute atomic E-state index is 12.9. The summed E-state index contributed by atoms with van der Waals surface area (Å²) in [5, 5.41) is 2.13. The first-order valence-corrected chi connectivity index (χ1v) is 11.8. The maximum atomic E-state index is 12.9. The lowest BCUT2D eigenvalue weighted by Gasteiger charge is -2.36. The number of carbonyl (C=O) groups excluding carboxylic acids is 1. The van der Waals surface area contributed by atoms with Gasteiger partial charge in [-0.25, -0.2) is 13.4 Å². The van der Waals surface area contributed by atoms with Crippen LogP contribution in [0.3, 0.4) is 0 Å². The molecule has 0 amide bonds. The zero-order chi connectivity index (χ0) is 20.2. The highest BCUT2D eigenvalue weighted by Gasteiger charge is 2.65. The standard InChI is InChI=1S/C20H24N2O4S2/c1-19(2)14-8-9-20(19,17(23)10-14)12-28(24,25)22-18-21-16(11-27-18)13-4-6-15(26-3)7-5-13/h4-7,11,14H,8-10,12H2,1-3H3,(H,21,22). The molecule has 2 fully saturated rings. The molecule has 0 radical (unpaired) electrons. The van der Waals surface area contributed by atoms with Crippen molar-refractivity contribution in [2.45, 2.75) is 33.1 Å². The minimum atomic E-state index is -3.69. The summed E-state index contributed by atoms with van der Waals surface area (Å²) < 4.78 is 33.5. The SMILES string of the molecule is COc1ccc(-c2csc(NS(=O)(=O)CC34CCC(CC3=O)C4(C)C)n2)cc1. The van der Waals surface area contributed by atoms with E-state index in [1.165, 1.54) is 11.3 Å². The van der Waals surface area contributed by atoms with Crippen molar-refractivity contribution in [2.75, 3.05) is 17.6 Å². The number of nitrogens with one attached hydrogen (secondary N) is 1. The van der Waals surface area contributed by atoms with Gasteiger partial charge in [-0.1, -0.05) is 13.8 Å². The topological polar surface area (TPSA) is 85.4 Å². The van der Waals surface area contributed by atoms with Crippen LogP contribution < -0.4 is 9.46 Å². The molecule has 0 aliphatic heterocycles. The number of benzene rings is 1. The molecule has 0 saturated heterocycles. The Morgan fingerprint density at radius 3 is 2.57 bits per heavy atom. The van der Waals surface area contributed by atoms with Crippen molar-refractivity contribution in [3.8, 4) is 17.0 Å². The van der Waals surface area contributed by atoms with Gasteiger partial charge in [0.05, 0.1) is 24.0 Å². The molecule has 1 aromatic carbocycles. The number of carbonyl (C=O) groups is 1. The largest absolute Gasteiger partial charge is 0.497 e. The molecule has 150 valence electrons. The molecule has 1 heterocycles. The number of aromatic nitrogens is 1. The summed E-state index contributed by atoms with van der Waals surface area (Å²) in [4.78, 5) is 17.0. The number of rotatable bonds is 6. The summed E-state index contributed by atoms with van der Waals surface area (Å²) in [5.74, 6) is 0.964. The van der Waals surface area contributed by atoms with E-state index >= 15 is 0 Å². The van der Waals surface area contributed by atoms with E-state index in [9.17, 15) is 13.2 Å². The molecule has 28 heavy (non-hydrogen) atoms. The molecule has 2 atom stereocenters. The third kappa shape index (κ3) is 3.03. The third-order valence-corrected chi connectivity index (χ3v) is 8.97. The van der Waals surface area contributed by atoms with Crippen LogP contribution in [0.1, 0.15) is 33.1 Å². The minimum absolute atomic E-state index is 0.0946. The molecule has 0 spiro atoms. The van der Waals surface area contributed by atoms with Crippen LogP contribution in [-0.4, -0.2) is 32.0 Å². The van der Waals surface area contributed by atoms with Crippen molar-refractivity contribution in [3.63, 3.8) is 0 Å². The number of Topliss-reactive ketones (excluding diaryl/α,β-unsaturated/α-hetero) is 1. The van der Waals surface area contributed by atoms with Crippen molar-refractivity contribution in [2.24, 2.45) is 16.7 Å². The molecular formula is C20H24N2O4S2. The lowest BCUT2D eigenvalue weighted by Crippen LogP contribution is -2.43. The molecule has 2 unspecified atom stereocenters. The smallest absolute Gasteiger partial charge is 0.235 e. The van der Waals surface area contributed by atoms with E-state index in [2.05, 4.69) is 9.71 Å². The van der Waals surface area contributed by atoms with Crippen LogP contribution in [0.25, 0.3) is 11.3 Å². The molecule has 1 N–H and O–H groups in total. The number of ether oxygens (including phenoxy) is 1. The number of nitrogens with zero attached hydrogens (tertiary/aromatic N) is 1. The van der Waals surface area contributed by atoms with Crippen molar-refractivity contribution >= 4 is 32.3 Å². The van der Waals surface area contributed by atoms with Gasteiger partial charge in [0, 0.05) is 17.4 Å². The predicted molar refractivity (Wildman–Crippen MR) is 110 cm³/mol. The van der Waals surface area contributed by atoms with Gasteiger partial charge >= 0.3 is 0 Å². The number of methoxy groups -OCH3 is 1. The highest BCUT2D eigenvalue weighted by molar-refractivity contribution is 7.92. The van der Waals surface area contributed by atoms with Gasteiger partial charge in [0.1, 0.15) is 11.5 Å². The zero-order valence-corrected chi connectivity index (χ0v) is 17.8. The van der Waals surface area contributed by atoms with Crippen LogP contribution in [0.5, 0.6) is 5.75 Å². The van der Waals surface area contributed by atoms with Crippen LogP contribution in [0.2, 0.25) is 0 Å². The van der Waals surface area contributed by atoms with Gasteiger partial charge in [-0.2, -0.15) is 0 Å². The normalized spacial score (nSPS) is 25.8. The van der Waals surface area contributed by atoms with Gasteiger partial charge in [-0.15, -0.1) is 11.3 Å². The minimum Gasteiger partial charge on any atom is -0.497 e. The summed E-state index contributed by atoms with van der Waals surface area (Å²) >= 11 is 1.24. The summed E-state index contributed by atoms with van der Waals surface area (Å²) in [6.07, 6.45) is 2.08. The van der Waals surface area contributed by atoms with Gasteiger partial charge in [0.25, 0.3) is 0 Å². The highest BCUT2D eigenvalue weighted by Crippen LogP contribution is 2.64. The molecule has 6 nitrogen and oxygen atoms in total. The zero-order valence-electron chi connectivity index (χ0n) is 16.2. The Morgan fingerprint density at radius 2 is 2.00 bits per heavy atom. The van der Waals surface area contributed by atoms with E-state index in [-0.39, 0.29) is 22.9 Å². The van der Waals surface area contributed by atoms with E-state index < -0.39 is 15.4 Å². The van der Waals surface area contributed by atoms with E-state index in [1.54, 1.807) is 7.11 Å².